The van der Waals surface area contributed by atoms with Gasteiger partial charge in [-0.2, -0.15) is 0 Å². The Hall–Kier alpha value is -2.50. The third-order valence-corrected chi connectivity index (χ3v) is 4.56. The highest BCUT2D eigenvalue weighted by Gasteiger charge is 2.28. The number of hydrogen-bond donors (Lipinski definition) is 1. The average molecular weight is 324 g/mol. The second-order valence-electron chi connectivity index (χ2n) is 5.06. The second kappa shape index (κ2) is 5.61. The number of benzene rings is 2. The Morgan fingerprint density at radius 3 is 2.57 bits per heavy atom. The van der Waals surface area contributed by atoms with Crippen LogP contribution in [0.4, 0.5) is 0 Å². The summed E-state index contributed by atoms with van der Waals surface area (Å²) in [6.07, 6.45) is -1.15. The Bertz CT molecular complexity index is 918. The van der Waals surface area contributed by atoms with Crippen LogP contribution in [0.3, 0.4) is 0 Å². The fourth-order valence-electron chi connectivity index (χ4n) is 2.49. The van der Waals surface area contributed by atoms with Crippen LogP contribution in [0.15, 0.2) is 79.7 Å². The molecule has 2 aromatic carbocycles. The van der Waals surface area contributed by atoms with Crippen molar-refractivity contribution >= 4 is 11.8 Å². The van der Waals surface area contributed by atoms with Crippen molar-refractivity contribution < 1.29 is 14.3 Å². The molecule has 0 spiro atoms. The minimum atomic E-state index is -1.15. The van der Waals surface area contributed by atoms with E-state index in [0.29, 0.717) is 27.5 Å². The normalized spacial score (nSPS) is 15.4. The van der Waals surface area contributed by atoms with Gasteiger partial charge in [-0.25, -0.2) is 4.79 Å². The van der Waals surface area contributed by atoms with Gasteiger partial charge >= 0.3 is 5.63 Å². The number of aliphatic hydroxyl groups excluding tert-OH is 1. The first kappa shape index (κ1) is 14.1. The summed E-state index contributed by atoms with van der Waals surface area (Å²) in [5.74, 6) is 0.862. The van der Waals surface area contributed by atoms with Crippen LogP contribution in [0.25, 0.3) is 11.3 Å². The molecule has 1 unspecified atom stereocenters. The molecule has 0 bridgehead atoms. The lowest BCUT2D eigenvalue weighted by Gasteiger charge is -2.23. The topological polar surface area (TPSA) is 59.7 Å². The number of fused-ring (bicyclic) bond motifs is 3. The van der Waals surface area contributed by atoms with Crippen molar-refractivity contribution in [3.8, 4) is 17.1 Å². The molecule has 3 aromatic rings. The minimum Gasteiger partial charge on any atom is -0.460 e. The summed E-state index contributed by atoms with van der Waals surface area (Å²) in [5, 5.41) is 10.2. The van der Waals surface area contributed by atoms with Crippen molar-refractivity contribution in [1.82, 2.24) is 0 Å². The molecular formula is C18H12O4S. The first-order valence-corrected chi connectivity index (χ1v) is 7.89. The van der Waals surface area contributed by atoms with Gasteiger partial charge in [-0.1, -0.05) is 42.1 Å². The van der Waals surface area contributed by atoms with Crippen LogP contribution in [-0.2, 0) is 0 Å². The highest BCUT2D eigenvalue weighted by molar-refractivity contribution is 7.99. The maximum Gasteiger partial charge on any atom is 0.350 e. The number of aliphatic hydroxyl groups is 1. The Labute approximate surface area is 136 Å². The molecule has 0 saturated heterocycles. The minimum absolute atomic E-state index is 0.363. The summed E-state index contributed by atoms with van der Waals surface area (Å²) in [6.45, 7) is 0. The van der Waals surface area contributed by atoms with E-state index in [1.807, 2.05) is 36.4 Å². The molecule has 0 aliphatic carbocycles. The van der Waals surface area contributed by atoms with E-state index < -0.39 is 11.9 Å². The van der Waals surface area contributed by atoms with E-state index in [1.165, 1.54) is 11.8 Å². The van der Waals surface area contributed by atoms with Gasteiger partial charge < -0.3 is 14.3 Å². The zero-order valence-electron chi connectivity index (χ0n) is 11.9. The molecule has 23 heavy (non-hydrogen) atoms. The number of hydrogen-bond acceptors (Lipinski definition) is 5. The molecule has 1 N–H and O–H groups in total. The van der Waals surface area contributed by atoms with Gasteiger partial charge in [0.15, 0.2) is 5.76 Å². The lowest BCUT2D eigenvalue weighted by atomic mass is 10.0. The Morgan fingerprint density at radius 2 is 1.74 bits per heavy atom. The molecular weight excluding hydrogens is 312 g/mol. The predicted molar refractivity (Wildman–Crippen MR) is 86.6 cm³/mol. The number of ether oxygens (including phenoxy) is 1. The molecule has 5 heteroatoms. The molecule has 4 rings (SSSR count). The zero-order valence-corrected chi connectivity index (χ0v) is 12.7. The summed E-state index contributed by atoms with van der Waals surface area (Å²) in [6, 6.07) is 18.3. The molecule has 1 aliphatic rings. The van der Waals surface area contributed by atoms with E-state index in [2.05, 4.69) is 0 Å². The van der Waals surface area contributed by atoms with Crippen molar-refractivity contribution in [3.05, 3.63) is 76.6 Å². The molecule has 114 valence electrons. The van der Waals surface area contributed by atoms with Crippen LogP contribution in [0, 0.1) is 0 Å². The Balaban J connectivity index is 1.82. The van der Waals surface area contributed by atoms with Gasteiger partial charge in [0.2, 0.25) is 6.29 Å². The summed E-state index contributed by atoms with van der Waals surface area (Å²) in [5.41, 5.74) is 0.699. The van der Waals surface area contributed by atoms with Crippen LogP contribution >= 0.6 is 11.8 Å². The molecule has 0 saturated carbocycles. The smallest absolute Gasteiger partial charge is 0.350 e. The van der Waals surface area contributed by atoms with Crippen LogP contribution in [0.1, 0.15) is 11.9 Å². The summed E-state index contributed by atoms with van der Waals surface area (Å²) < 4.78 is 11.0. The number of rotatable bonds is 2. The van der Waals surface area contributed by atoms with Crippen LogP contribution in [0.5, 0.6) is 5.75 Å². The molecule has 1 aliphatic heterocycles. The maximum atomic E-state index is 12.3. The largest absolute Gasteiger partial charge is 0.460 e. The van der Waals surface area contributed by atoms with Crippen LogP contribution in [-0.4, -0.2) is 5.11 Å². The highest BCUT2D eigenvalue weighted by Crippen LogP contribution is 2.42. The third-order valence-electron chi connectivity index (χ3n) is 3.55. The van der Waals surface area contributed by atoms with Crippen LogP contribution in [0.2, 0.25) is 0 Å². The summed E-state index contributed by atoms with van der Waals surface area (Å²) in [7, 11) is 0. The molecule has 1 aromatic heterocycles. The van der Waals surface area contributed by atoms with Crippen LogP contribution < -0.4 is 10.4 Å². The van der Waals surface area contributed by atoms with Gasteiger partial charge in [-0.15, -0.1) is 0 Å². The second-order valence-corrected chi connectivity index (χ2v) is 6.18. The van der Waals surface area contributed by atoms with E-state index in [-0.39, 0.29) is 0 Å². The van der Waals surface area contributed by atoms with E-state index >= 15 is 0 Å². The first-order chi connectivity index (χ1) is 11.2. The molecule has 4 nitrogen and oxygen atoms in total. The van der Waals surface area contributed by atoms with Crippen molar-refractivity contribution in [2.24, 2.45) is 0 Å². The van der Waals surface area contributed by atoms with Crippen molar-refractivity contribution in [1.29, 1.82) is 0 Å². The van der Waals surface area contributed by atoms with E-state index in [0.717, 1.165) is 4.90 Å². The lowest BCUT2D eigenvalue weighted by Crippen LogP contribution is -2.16. The van der Waals surface area contributed by atoms with Gasteiger partial charge in [-0.05, 0) is 30.3 Å². The van der Waals surface area contributed by atoms with E-state index in [1.54, 1.807) is 24.3 Å². The monoisotopic (exact) mass is 324 g/mol. The van der Waals surface area contributed by atoms with Gasteiger partial charge in [0, 0.05) is 4.90 Å². The fourth-order valence-corrected chi connectivity index (χ4v) is 3.35. The molecule has 0 fully saturated rings. The van der Waals surface area contributed by atoms with Gasteiger partial charge in [0.05, 0.1) is 16.0 Å². The number of para-hydroxylation sites is 1. The summed E-state index contributed by atoms with van der Waals surface area (Å²) in [4.78, 5) is 13.6. The molecule has 0 amide bonds. The maximum absolute atomic E-state index is 12.3. The molecule has 2 heterocycles. The Kier molecular flexibility index (Phi) is 3.44. The summed E-state index contributed by atoms with van der Waals surface area (Å²) >= 11 is 1.30. The first-order valence-electron chi connectivity index (χ1n) is 7.07. The highest BCUT2D eigenvalue weighted by atomic mass is 32.2. The van der Waals surface area contributed by atoms with Gasteiger partial charge in [0.25, 0.3) is 0 Å². The van der Waals surface area contributed by atoms with Crippen molar-refractivity contribution in [2.45, 2.75) is 16.1 Å². The van der Waals surface area contributed by atoms with Crippen molar-refractivity contribution in [2.75, 3.05) is 0 Å². The lowest BCUT2D eigenvalue weighted by molar-refractivity contribution is -0.0234. The SMILES string of the molecule is O=c1oc2c(cc1Sc1ccccc1)C(O)Oc1ccccc1-2. The average Bonchev–Trinajstić information content (AvgIpc) is 2.57. The van der Waals surface area contributed by atoms with E-state index in [4.69, 9.17) is 9.15 Å². The van der Waals surface area contributed by atoms with Crippen molar-refractivity contribution in [3.63, 3.8) is 0 Å². The van der Waals surface area contributed by atoms with Gasteiger partial charge in [0.1, 0.15) is 5.75 Å². The standard InChI is InChI=1S/C18H12O4S/c19-17-13-10-15(23-11-6-2-1-3-7-11)18(20)22-16(13)12-8-4-5-9-14(12)21-17/h1-10,17,19H. The van der Waals surface area contributed by atoms with Gasteiger partial charge in [-0.3, -0.25) is 0 Å². The van der Waals surface area contributed by atoms with E-state index in [9.17, 15) is 9.90 Å². The predicted octanol–water partition coefficient (Wildman–Crippen LogP) is 3.84. The fraction of sp³-hybridized carbons (Fsp3) is 0.0556. The Morgan fingerprint density at radius 1 is 1.00 bits per heavy atom. The third kappa shape index (κ3) is 2.54. The zero-order chi connectivity index (χ0) is 15.8. The molecule has 1 atom stereocenters. The molecule has 0 radical (unpaired) electrons. The quantitative estimate of drug-likeness (QED) is 0.776.